The number of nitro groups is 2. The van der Waals surface area contributed by atoms with Gasteiger partial charge in [-0.15, -0.1) is 0 Å². The third-order valence-electron chi connectivity index (χ3n) is 2.29. The Morgan fingerprint density at radius 3 is 1.61 bits per heavy atom. The third-order valence-corrected chi connectivity index (χ3v) is 2.87. The van der Waals surface area contributed by atoms with Crippen LogP contribution in [-0.4, -0.2) is 27.4 Å². The zero-order valence-corrected chi connectivity index (χ0v) is 15.3. The molecule has 0 aliphatic carbocycles. The standard InChI is InChI=1S/C6H2BrF2NO2.C6H3F2NO2.H2O4S/c7-4-1-3(10(11)12)2-5(8)6(4)9;7-5-2-1-4(9(10)11)3-6(5)8;1-5(2,3)4/h1-2H;1-3H;(H2,1,2,3,4). The van der Waals surface area contributed by atoms with Gasteiger partial charge in [-0.25, -0.2) is 17.6 Å². The van der Waals surface area contributed by atoms with Gasteiger partial charge in [-0.3, -0.25) is 29.3 Å². The fourth-order valence-electron chi connectivity index (χ4n) is 1.25. The summed E-state index contributed by atoms with van der Waals surface area (Å²) >= 11 is 2.65. The Bertz CT molecular complexity index is 959. The van der Waals surface area contributed by atoms with Crippen molar-refractivity contribution in [3.63, 3.8) is 0 Å². The molecule has 0 radical (unpaired) electrons. The predicted octanol–water partition coefficient (Wildman–Crippen LogP) is 3.86. The summed E-state index contributed by atoms with van der Waals surface area (Å²) in [6, 6.07) is 3.58. The Hall–Kier alpha value is -2.69. The van der Waals surface area contributed by atoms with Crippen molar-refractivity contribution in [1.82, 2.24) is 0 Å². The van der Waals surface area contributed by atoms with Gasteiger partial charge in [0.25, 0.3) is 11.4 Å². The number of hydrogen-bond acceptors (Lipinski definition) is 6. The molecule has 2 N–H and O–H groups in total. The molecule has 0 spiro atoms. The van der Waals surface area contributed by atoms with Crippen molar-refractivity contribution in [2.75, 3.05) is 0 Å². The van der Waals surface area contributed by atoms with Crippen LogP contribution in [0.1, 0.15) is 0 Å². The number of halogens is 5. The second kappa shape index (κ2) is 10.6. The molecular weight excluding hydrogens is 488 g/mol. The molecule has 0 bridgehead atoms. The van der Waals surface area contributed by atoms with Gasteiger partial charge < -0.3 is 0 Å². The van der Waals surface area contributed by atoms with Gasteiger partial charge in [0.2, 0.25) is 0 Å². The minimum absolute atomic E-state index is 0.255. The Labute approximate surface area is 161 Å². The van der Waals surface area contributed by atoms with Crippen LogP contribution >= 0.6 is 15.9 Å². The molecule has 0 heterocycles. The summed E-state index contributed by atoms with van der Waals surface area (Å²) in [6.07, 6.45) is 0. The monoisotopic (exact) mass is 494 g/mol. The molecular formula is C12H7BrF4N2O8S. The second-order valence-electron chi connectivity index (χ2n) is 4.28. The fourth-order valence-corrected chi connectivity index (χ4v) is 1.67. The van der Waals surface area contributed by atoms with E-state index in [1.807, 2.05) is 0 Å². The number of benzene rings is 2. The summed E-state index contributed by atoms with van der Waals surface area (Å²) in [6.45, 7) is 0. The molecule has 2 aromatic rings. The summed E-state index contributed by atoms with van der Waals surface area (Å²) in [5, 5.41) is 20.1. The smallest absolute Gasteiger partial charge is 0.264 e. The van der Waals surface area contributed by atoms with Crippen LogP contribution < -0.4 is 0 Å². The molecule has 10 nitrogen and oxygen atoms in total. The van der Waals surface area contributed by atoms with Crippen LogP contribution in [0.5, 0.6) is 0 Å². The normalized spacial score (nSPS) is 10.1. The van der Waals surface area contributed by atoms with Gasteiger partial charge in [0.05, 0.1) is 26.5 Å². The lowest BCUT2D eigenvalue weighted by Crippen LogP contribution is -1.92. The van der Waals surface area contributed by atoms with Crippen molar-refractivity contribution < 1.29 is 44.9 Å². The molecule has 0 saturated carbocycles. The van der Waals surface area contributed by atoms with Gasteiger partial charge in [0, 0.05) is 12.1 Å². The summed E-state index contributed by atoms with van der Waals surface area (Å²) < 4.78 is 80.8. The van der Waals surface area contributed by atoms with Crippen LogP contribution in [0.2, 0.25) is 0 Å². The molecule has 0 atom stereocenters. The fraction of sp³-hybridized carbons (Fsp3) is 0. The Morgan fingerprint density at radius 1 is 0.821 bits per heavy atom. The molecule has 2 rings (SSSR count). The first-order valence-corrected chi connectivity index (χ1v) is 8.40. The molecule has 154 valence electrons. The zero-order valence-electron chi connectivity index (χ0n) is 12.9. The van der Waals surface area contributed by atoms with Crippen LogP contribution in [0.3, 0.4) is 0 Å². The molecule has 0 fully saturated rings. The minimum atomic E-state index is -4.67. The SMILES string of the molecule is O=S(=O)(O)O.O=[N+]([O-])c1cc(F)c(F)c(Br)c1.O=[N+]([O-])c1ccc(F)c(F)c1. The molecule has 0 amide bonds. The van der Waals surface area contributed by atoms with Gasteiger partial charge >= 0.3 is 10.4 Å². The van der Waals surface area contributed by atoms with Gasteiger partial charge in [0.15, 0.2) is 23.3 Å². The summed E-state index contributed by atoms with van der Waals surface area (Å²) in [5.41, 5.74) is -0.940. The van der Waals surface area contributed by atoms with Crippen molar-refractivity contribution in [3.8, 4) is 0 Å². The first-order valence-electron chi connectivity index (χ1n) is 6.21. The molecule has 0 aromatic heterocycles. The lowest BCUT2D eigenvalue weighted by molar-refractivity contribution is -0.385. The number of non-ortho nitro benzene ring substituents is 2. The van der Waals surface area contributed by atoms with Gasteiger partial charge in [-0.2, -0.15) is 8.42 Å². The Kier molecular flexibility index (Phi) is 9.58. The highest BCUT2D eigenvalue weighted by molar-refractivity contribution is 9.10. The van der Waals surface area contributed by atoms with Crippen LogP contribution in [0, 0.1) is 43.5 Å². The number of hydrogen-bond donors (Lipinski definition) is 2. The quantitative estimate of drug-likeness (QED) is 0.209. The van der Waals surface area contributed by atoms with Crippen molar-refractivity contribution in [3.05, 3.63) is 78.3 Å². The summed E-state index contributed by atoms with van der Waals surface area (Å²) in [7, 11) is -4.67. The maximum atomic E-state index is 12.5. The van der Waals surface area contributed by atoms with E-state index >= 15 is 0 Å². The van der Waals surface area contributed by atoms with Crippen LogP contribution in [-0.2, 0) is 10.4 Å². The topological polar surface area (TPSA) is 161 Å². The molecule has 0 unspecified atom stereocenters. The van der Waals surface area contributed by atoms with Gasteiger partial charge in [-0.05, 0) is 22.0 Å². The van der Waals surface area contributed by atoms with Crippen LogP contribution in [0.15, 0.2) is 34.8 Å². The molecule has 0 saturated heterocycles. The van der Waals surface area contributed by atoms with E-state index in [1.165, 1.54) is 0 Å². The summed E-state index contributed by atoms with van der Waals surface area (Å²) in [5.74, 6) is -4.66. The van der Waals surface area contributed by atoms with Gasteiger partial charge in [-0.1, -0.05) is 0 Å². The molecule has 0 aliphatic heterocycles. The van der Waals surface area contributed by atoms with Crippen molar-refractivity contribution >= 4 is 37.7 Å². The van der Waals surface area contributed by atoms with Gasteiger partial charge in [0.1, 0.15) is 0 Å². The maximum absolute atomic E-state index is 12.5. The van der Waals surface area contributed by atoms with E-state index in [4.69, 9.17) is 17.5 Å². The van der Waals surface area contributed by atoms with E-state index in [0.29, 0.717) is 18.2 Å². The molecule has 0 aliphatic rings. The van der Waals surface area contributed by atoms with E-state index in [2.05, 4.69) is 15.9 Å². The Morgan fingerprint density at radius 2 is 1.25 bits per heavy atom. The maximum Gasteiger partial charge on any atom is 0.394 e. The highest BCUT2D eigenvalue weighted by Gasteiger charge is 2.14. The number of nitrogens with zero attached hydrogens (tertiary/aromatic N) is 2. The van der Waals surface area contributed by atoms with E-state index in [-0.39, 0.29) is 4.47 Å². The number of nitro benzene ring substituents is 2. The van der Waals surface area contributed by atoms with Crippen LogP contribution in [0.4, 0.5) is 28.9 Å². The van der Waals surface area contributed by atoms with E-state index in [0.717, 1.165) is 12.1 Å². The predicted molar refractivity (Wildman–Crippen MR) is 87.9 cm³/mol. The Balaban J connectivity index is 0.000000424. The molecule has 16 heteroatoms. The lowest BCUT2D eigenvalue weighted by Gasteiger charge is -1.95. The van der Waals surface area contributed by atoms with E-state index in [9.17, 15) is 37.8 Å². The third kappa shape index (κ3) is 9.86. The van der Waals surface area contributed by atoms with E-state index < -0.39 is 54.9 Å². The average Bonchev–Trinajstić information content (AvgIpc) is 2.53. The van der Waals surface area contributed by atoms with Crippen molar-refractivity contribution in [1.29, 1.82) is 0 Å². The highest BCUT2D eigenvalue weighted by Crippen LogP contribution is 2.24. The summed E-state index contributed by atoms with van der Waals surface area (Å²) in [4.78, 5) is 18.5. The van der Waals surface area contributed by atoms with Crippen molar-refractivity contribution in [2.45, 2.75) is 0 Å². The first-order chi connectivity index (χ1) is 12.6. The number of rotatable bonds is 2. The first kappa shape index (κ1) is 25.3. The largest absolute Gasteiger partial charge is 0.394 e. The zero-order chi connectivity index (χ0) is 22.2. The molecule has 28 heavy (non-hydrogen) atoms. The van der Waals surface area contributed by atoms with E-state index in [1.54, 1.807) is 0 Å². The average molecular weight is 495 g/mol. The van der Waals surface area contributed by atoms with Crippen molar-refractivity contribution in [2.24, 2.45) is 0 Å². The molecule has 2 aromatic carbocycles. The second-order valence-corrected chi connectivity index (χ2v) is 6.03. The lowest BCUT2D eigenvalue weighted by atomic mass is 10.3. The highest BCUT2D eigenvalue weighted by atomic mass is 79.9. The minimum Gasteiger partial charge on any atom is -0.264 e. The van der Waals surface area contributed by atoms with Crippen LogP contribution in [0.25, 0.3) is 0 Å².